The Bertz CT molecular complexity index is 861. The number of ether oxygens (including phenoxy) is 2. The van der Waals surface area contributed by atoms with Crippen LogP contribution in [0, 0.1) is 0 Å². The average molecular weight is 354 g/mol. The number of hydrogen-bond donors (Lipinski definition) is 1. The standard InChI is InChI=1S/C20H16ClNO3/c1-24-19-4-2-3-14(13-19)20(23)22-16-7-11-18(12-8-16)25-17-9-5-15(21)6-10-17/h2-13H,1H3,(H,22,23). The molecule has 0 saturated carbocycles. The molecule has 0 spiro atoms. The van der Waals surface area contributed by atoms with Gasteiger partial charge in [0.25, 0.3) is 5.91 Å². The van der Waals surface area contributed by atoms with Crippen molar-refractivity contribution in [2.45, 2.75) is 0 Å². The normalized spacial score (nSPS) is 10.2. The van der Waals surface area contributed by atoms with E-state index < -0.39 is 0 Å². The molecule has 126 valence electrons. The zero-order valence-electron chi connectivity index (χ0n) is 13.5. The van der Waals surface area contributed by atoms with Crippen molar-refractivity contribution in [3.63, 3.8) is 0 Å². The molecule has 1 amide bonds. The maximum atomic E-state index is 12.3. The van der Waals surface area contributed by atoms with Crippen LogP contribution in [0.3, 0.4) is 0 Å². The first-order valence-electron chi connectivity index (χ1n) is 7.63. The molecule has 3 aromatic rings. The number of halogens is 1. The minimum Gasteiger partial charge on any atom is -0.497 e. The molecule has 0 saturated heterocycles. The second kappa shape index (κ2) is 7.73. The summed E-state index contributed by atoms with van der Waals surface area (Å²) in [5.41, 5.74) is 1.21. The molecule has 1 N–H and O–H groups in total. The van der Waals surface area contributed by atoms with Gasteiger partial charge in [0.05, 0.1) is 7.11 Å². The molecular formula is C20H16ClNO3. The summed E-state index contributed by atoms with van der Waals surface area (Å²) in [6.45, 7) is 0. The largest absolute Gasteiger partial charge is 0.497 e. The third kappa shape index (κ3) is 4.52. The number of anilines is 1. The quantitative estimate of drug-likeness (QED) is 0.668. The Morgan fingerprint density at radius 3 is 2.16 bits per heavy atom. The third-order valence-electron chi connectivity index (χ3n) is 3.49. The highest BCUT2D eigenvalue weighted by Crippen LogP contribution is 2.24. The van der Waals surface area contributed by atoms with Crippen molar-refractivity contribution in [2.24, 2.45) is 0 Å². The van der Waals surface area contributed by atoms with Crippen LogP contribution in [-0.2, 0) is 0 Å². The van der Waals surface area contributed by atoms with Crippen LogP contribution in [0.5, 0.6) is 17.2 Å². The van der Waals surface area contributed by atoms with Crippen LogP contribution < -0.4 is 14.8 Å². The minimum atomic E-state index is -0.203. The molecule has 0 atom stereocenters. The number of benzene rings is 3. The summed E-state index contributed by atoms with van der Waals surface area (Å²) in [6, 6.07) is 21.2. The molecule has 0 fully saturated rings. The van der Waals surface area contributed by atoms with Gasteiger partial charge in [-0.15, -0.1) is 0 Å². The van der Waals surface area contributed by atoms with Crippen LogP contribution >= 0.6 is 11.6 Å². The van der Waals surface area contributed by atoms with Gasteiger partial charge < -0.3 is 14.8 Å². The van der Waals surface area contributed by atoms with Crippen molar-refractivity contribution in [1.82, 2.24) is 0 Å². The summed E-state index contributed by atoms with van der Waals surface area (Å²) in [5, 5.41) is 3.50. The molecular weight excluding hydrogens is 338 g/mol. The number of nitrogens with one attached hydrogen (secondary N) is 1. The Labute approximate surface area is 151 Å². The van der Waals surface area contributed by atoms with Gasteiger partial charge >= 0.3 is 0 Å². The first kappa shape index (κ1) is 16.9. The average Bonchev–Trinajstić information content (AvgIpc) is 2.65. The summed E-state index contributed by atoms with van der Waals surface area (Å²) in [4.78, 5) is 12.3. The number of methoxy groups -OCH3 is 1. The van der Waals surface area contributed by atoms with Crippen LogP contribution in [0.4, 0.5) is 5.69 Å². The molecule has 5 heteroatoms. The second-order valence-corrected chi connectivity index (χ2v) is 5.70. The van der Waals surface area contributed by atoms with Gasteiger partial charge in [0, 0.05) is 16.3 Å². The third-order valence-corrected chi connectivity index (χ3v) is 3.75. The molecule has 3 rings (SSSR count). The van der Waals surface area contributed by atoms with E-state index in [2.05, 4.69) is 5.32 Å². The van der Waals surface area contributed by atoms with Crippen molar-refractivity contribution < 1.29 is 14.3 Å². The number of carbonyl (C=O) groups is 1. The van der Waals surface area contributed by atoms with Gasteiger partial charge in [-0.25, -0.2) is 0 Å². The van der Waals surface area contributed by atoms with Crippen molar-refractivity contribution in [2.75, 3.05) is 12.4 Å². The van der Waals surface area contributed by atoms with Crippen molar-refractivity contribution in [3.8, 4) is 17.2 Å². The number of carbonyl (C=O) groups excluding carboxylic acids is 1. The lowest BCUT2D eigenvalue weighted by molar-refractivity contribution is 0.102. The molecule has 0 aliphatic rings. The highest BCUT2D eigenvalue weighted by molar-refractivity contribution is 6.30. The topological polar surface area (TPSA) is 47.6 Å². The highest BCUT2D eigenvalue weighted by Gasteiger charge is 2.07. The van der Waals surface area contributed by atoms with E-state index in [0.29, 0.717) is 33.5 Å². The Hall–Kier alpha value is -2.98. The van der Waals surface area contributed by atoms with Gasteiger partial charge in [0.2, 0.25) is 0 Å². The summed E-state index contributed by atoms with van der Waals surface area (Å²) < 4.78 is 10.9. The van der Waals surface area contributed by atoms with E-state index in [9.17, 15) is 4.79 Å². The molecule has 25 heavy (non-hydrogen) atoms. The molecule has 0 aliphatic heterocycles. The maximum Gasteiger partial charge on any atom is 0.255 e. The monoisotopic (exact) mass is 353 g/mol. The van der Waals surface area contributed by atoms with Gasteiger partial charge in [-0.1, -0.05) is 17.7 Å². The zero-order chi connectivity index (χ0) is 17.6. The summed E-state index contributed by atoms with van der Waals surface area (Å²) >= 11 is 5.85. The first-order chi connectivity index (χ1) is 12.1. The molecule has 3 aromatic carbocycles. The molecule has 0 unspecified atom stereocenters. The summed E-state index contributed by atoms with van der Waals surface area (Å²) in [7, 11) is 1.57. The molecule has 0 heterocycles. The van der Waals surface area contributed by atoms with E-state index in [0.717, 1.165) is 0 Å². The van der Waals surface area contributed by atoms with Gasteiger partial charge in [-0.3, -0.25) is 4.79 Å². The van der Waals surface area contributed by atoms with Crippen LogP contribution in [0.1, 0.15) is 10.4 Å². The van der Waals surface area contributed by atoms with Crippen LogP contribution in [0.2, 0.25) is 5.02 Å². The Morgan fingerprint density at radius 2 is 1.52 bits per heavy atom. The Balaban J connectivity index is 1.65. The molecule has 0 radical (unpaired) electrons. The lowest BCUT2D eigenvalue weighted by Crippen LogP contribution is -2.11. The van der Waals surface area contributed by atoms with Crippen molar-refractivity contribution in [1.29, 1.82) is 0 Å². The Morgan fingerprint density at radius 1 is 0.880 bits per heavy atom. The van der Waals surface area contributed by atoms with Crippen LogP contribution in [0.15, 0.2) is 72.8 Å². The zero-order valence-corrected chi connectivity index (χ0v) is 14.3. The Kier molecular flexibility index (Phi) is 5.21. The molecule has 0 aromatic heterocycles. The van der Waals surface area contributed by atoms with E-state index in [4.69, 9.17) is 21.1 Å². The molecule has 4 nitrogen and oxygen atoms in total. The predicted octanol–water partition coefficient (Wildman–Crippen LogP) is 5.39. The van der Waals surface area contributed by atoms with E-state index in [1.54, 1.807) is 79.9 Å². The predicted molar refractivity (Wildman–Crippen MR) is 98.9 cm³/mol. The first-order valence-corrected chi connectivity index (χ1v) is 8.01. The van der Waals surface area contributed by atoms with E-state index in [-0.39, 0.29) is 5.91 Å². The number of hydrogen-bond acceptors (Lipinski definition) is 3. The fourth-order valence-electron chi connectivity index (χ4n) is 2.21. The second-order valence-electron chi connectivity index (χ2n) is 5.27. The van der Waals surface area contributed by atoms with Gasteiger partial charge in [0.1, 0.15) is 17.2 Å². The number of rotatable bonds is 5. The van der Waals surface area contributed by atoms with Crippen LogP contribution in [0.25, 0.3) is 0 Å². The lowest BCUT2D eigenvalue weighted by atomic mass is 10.2. The summed E-state index contributed by atoms with van der Waals surface area (Å²) in [5.74, 6) is 1.80. The SMILES string of the molecule is COc1cccc(C(=O)Nc2ccc(Oc3ccc(Cl)cc3)cc2)c1. The van der Waals surface area contributed by atoms with Gasteiger partial charge in [-0.05, 0) is 66.7 Å². The van der Waals surface area contributed by atoms with Crippen LogP contribution in [-0.4, -0.2) is 13.0 Å². The maximum absolute atomic E-state index is 12.3. The number of amides is 1. The molecule has 0 aliphatic carbocycles. The fourth-order valence-corrected chi connectivity index (χ4v) is 2.34. The summed E-state index contributed by atoms with van der Waals surface area (Å²) in [6.07, 6.45) is 0. The van der Waals surface area contributed by atoms with Crippen molar-refractivity contribution in [3.05, 3.63) is 83.4 Å². The lowest BCUT2D eigenvalue weighted by Gasteiger charge is -2.09. The van der Waals surface area contributed by atoms with Gasteiger partial charge in [0.15, 0.2) is 0 Å². The highest BCUT2D eigenvalue weighted by atomic mass is 35.5. The fraction of sp³-hybridized carbons (Fsp3) is 0.0500. The van der Waals surface area contributed by atoms with Gasteiger partial charge in [-0.2, -0.15) is 0 Å². The van der Waals surface area contributed by atoms with E-state index in [1.807, 2.05) is 0 Å². The minimum absolute atomic E-state index is 0.203. The van der Waals surface area contributed by atoms with E-state index >= 15 is 0 Å². The molecule has 0 bridgehead atoms. The smallest absolute Gasteiger partial charge is 0.255 e. The van der Waals surface area contributed by atoms with Crippen molar-refractivity contribution >= 4 is 23.2 Å². The van der Waals surface area contributed by atoms with E-state index in [1.165, 1.54) is 0 Å².